The fraction of sp³-hybridized carbons (Fsp3) is 0.308. The van der Waals surface area contributed by atoms with Crippen LogP contribution in [-0.4, -0.2) is 40.1 Å². The van der Waals surface area contributed by atoms with Crippen LogP contribution in [0.3, 0.4) is 0 Å². The molecule has 0 atom stereocenters. The van der Waals surface area contributed by atoms with Crippen molar-refractivity contribution in [1.29, 1.82) is 0 Å². The standard InChI is InChI=1S/C26H27NO4/c28-24(29)11-5-9-20-7-3-4-10-23(20)26(31)14-16-27(17-15-26)25(30)22-13-12-19-6-1-2-8-21(19)18-22/h1-4,6-8,10,12-13,18,31H,5,9,11,14-17H2,(H,28,29). The molecule has 5 nitrogen and oxygen atoms in total. The minimum Gasteiger partial charge on any atom is -0.481 e. The Morgan fingerprint density at radius 1 is 0.903 bits per heavy atom. The van der Waals surface area contributed by atoms with Gasteiger partial charge in [0.15, 0.2) is 0 Å². The third kappa shape index (κ3) is 4.62. The molecule has 1 fully saturated rings. The molecule has 1 amide bonds. The predicted octanol–water partition coefficient (Wildman–Crippen LogP) is 4.37. The molecule has 0 aromatic heterocycles. The number of aliphatic hydroxyl groups is 1. The smallest absolute Gasteiger partial charge is 0.303 e. The van der Waals surface area contributed by atoms with Crippen molar-refractivity contribution >= 4 is 22.6 Å². The van der Waals surface area contributed by atoms with Crippen LogP contribution in [0.15, 0.2) is 66.7 Å². The van der Waals surface area contributed by atoms with Crippen molar-refractivity contribution in [2.75, 3.05) is 13.1 Å². The monoisotopic (exact) mass is 417 g/mol. The Morgan fingerprint density at radius 2 is 1.58 bits per heavy atom. The third-order valence-electron chi connectivity index (χ3n) is 6.23. The number of fused-ring (bicyclic) bond motifs is 1. The molecule has 160 valence electrons. The maximum absolute atomic E-state index is 13.1. The second-order valence-corrected chi connectivity index (χ2v) is 8.29. The Bertz CT molecular complexity index is 1100. The van der Waals surface area contributed by atoms with Crippen LogP contribution in [0.25, 0.3) is 10.8 Å². The number of rotatable bonds is 6. The highest BCUT2D eigenvalue weighted by Gasteiger charge is 2.36. The van der Waals surface area contributed by atoms with Crippen LogP contribution in [0, 0.1) is 0 Å². The Hall–Kier alpha value is -3.18. The van der Waals surface area contributed by atoms with Gasteiger partial charge in [-0.25, -0.2) is 0 Å². The van der Waals surface area contributed by atoms with E-state index < -0.39 is 11.6 Å². The van der Waals surface area contributed by atoms with E-state index in [2.05, 4.69) is 0 Å². The van der Waals surface area contributed by atoms with Crippen molar-refractivity contribution in [2.24, 2.45) is 0 Å². The molecule has 1 heterocycles. The zero-order valence-electron chi connectivity index (χ0n) is 17.5. The van der Waals surface area contributed by atoms with Crippen LogP contribution in [-0.2, 0) is 16.8 Å². The van der Waals surface area contributed by atoms with E-state index in [1.54, 1.807) is 0 Å². The third-order valence-corrected chi connectivity index (χ3v) is 6.23. The highest BCUT2D eigenvalue weighted by Crippen LogP contribution is 2.36. The topological polar surface area (TPSA) is 77.8 Å². The van der Waals surface area contributed by atoms with E-state index in [1.165, 1.54) is 0 Å². The lowest BCUT2D eigenvalue weighted by Gasteiger charge is -2.39. The number of carboxylic acid groups (broad SMARTS) is 1. The van der Waals surface area contributed by atoms with Crippen molar-refractivity contribution in [3.63, 3.8) is 0 Å². The second kappa shape index (κ2) is 8.90. The summed E-state index contributed by atoms with van der Waals surface area (Å²) in [6.45, 7) is 0.956. The summed E-state index contributed by atoms with van der Waals surface area (Å²) < 4.78 is 0. The van der Waals surface area contributed by atoms with E-state index in [9.17, 15) is 14.7 Å². The Labute approximate surface area is 181 Å². The lowest BCUT2D eigenvalue weighted by molar-refractivity contribution is -0.137. The molecule has 3 aromatic rings. The van der Waals surface area contributed by atoms with Gasteiger partial charge in [-0.1, -0.05) is 54.6 Å². The normalized spacial score (nSPS) is 15.7. The van der Waals surface area contributed by atoms with Crippen LogP contribution in [0.1, 0.15) is 47.2 Å². The summed E-state index contributed by atoms with van der Waals surface area (Å²) >= 11 is 0. The number of nitrogens with zero attached hydrogens (tertiary/aromatic N) is 1. The highest BCUT2D eigenvalue weighted by atomic mass is 16.4. The van der Waals surface area contributed by atoms with Gasteiger partial charge in [-0.05, 0) is 59.7 Å². The molecular formula is C26H27NO4. The van der Waals surface area contributed by atoms with Gasteiger partial charge in [0.2, 0.25) is 0 Å². The molecule has 0 aliphatic carbocycles. The van der Waals surface area contributed by atoms with Crippen molar-refractivity contribution < 1.29 is 19.8 Å². The summed E-state index contributed by atoms with van der Waals surface area (Å²) in [6, 6.07) is 21.4. The van der Waals surface area contributed by atoms with Crippen molar-refractivity contribution in [2.45, 2.75) is 37.7 Å². The van der Waals surface area contributed by atoms with Crippen LogP contribution in [0.2, 0.25) is 0 Å². The van der Waals surface area contributed by atoms with Crippen LogP contribution in [0.5, 0.6) is 0 Å². The summed E-state index contributed by atoms with van der Waals surface area (Å²) in [5, 5.41) is 22.4. The van der Waals surface area contributed by atoms with Gasteiger partial charge in [0.1, 0.15) is 0 Å². The molecule has 0 unspecified atom stereocenters. The number of carbonyl (C=O) groups excluding carboxylic acids is 1. The summed E-state index contributed by atoms with van der Waals surface area (Å²) in [5.41, 5.74) is 1.51. The maximum atomic E-state index is 13.1. The highest BCUT2D eigenvalue weighted by molar-refractivity contribution is 5.98. The number of carboxylic acids is 1. The molecule has 2 N–H and O–H groups in total. The zero-order valence-corrected chi connectivity index (χ0v) is 17.5. The molecule has 31 heavy (non-hydrogen) atoms. The minimum atomic E-state index is -1.00. The van der Waals surface area contributed by atoms with E-state index >= 15 is 0 Å². The maximum Gasteiger partial charge on any atom is 0.303 e. The first-order valence-electron chi connectivity index (χ1n) is 10.8. The van der Waals surface area contributed by atoms with E-state index in [0.717, 1.165) is 21.9 Å². The predicted molar refractivity (Wildman–Crippen MR) is 120 cm³/mol. The lowest BCUT2D eigenvalue weighted by atomic mass is 9.81. The number of carbonyl (C=O) groups is 2. The first-order chi connectivity index (χ1) is 15.0. The Balaban J connectivity index is 1.46. The molecule has 1 aliphatic rings. The summed E-state index contributed by atoms with van der Waals surface area (Å²) in [7, 11) is 0. The first kappa shape index (κ1) is 21.1. The molecule has 3 aromatic carbocycles. The van der Waals surface area contributed by atoms with Crippen molar-refractivity contribution in [1.82, 2.24) is 4.90 Å². The number of aliphatic carboxylic acids is 1. The molecule has 1 aliphatic heterocycles. The quantitative estimate of drug-likeness (QED) is 0.624. The van der Waals surface area contributed by atoms with E-state index in [4.69, 9.17) is 5.11 Å². The van der Waals surface area contributed by atoms with Crippen molar-refractivity contribution in [3.8, 4) is 0 Å². The SMILES string of the molecule is O=C(O)CCCc1ccccc1C1(O)CCN(C(=O)c2ccc3ccccc3c2)CC1. The largest absolute Gasteiger partial charge is 0.481 e. The average molecular weight is 418 g/mol. The number of hydrogen-bond donors (Lipinski definition) is 2. The van der Waals surface area contributed by atoms with E-state index in [0.29, 0.717) is 44.3 Å². The van der Waals surface area contributed by atoms with E-state index in [-0.39, 0.29) is 12.3 Å². The van der Waals surface area contributed by atoms with Crippen LogP contribution in [0.4, 0.5) is 0 Å². The van der Waals surface area contributed by atoms with E-state index in [1.807, 2.05) is 71.6 Å². The first-order valence-corrected chi connectivity index (χ1v) is 10.8. The van der Waals surface area contributed by atoms with Gasteiger partial charge in [-0.3, -0.25) is 9.59 Å². The molecule has 0 bridgehead atoms. The van der Waals surface area contributed by atoms with Gasteiger partial charge in [0.05, 0.1) is 5.60 Å². The van der Waals surface area contributed by atoms with Gasteiger partial charge in [-0.15, -0.1) is 0 Å². The molecule has 0 radical (unpaired) electrons. The van der Waals surface area contributed by atoms with Crippen LogP contribution < -0.4 is 0 Å². The average Bonchev–Trinajstić information content (AvgIpc) is 2.79. The van der Waals surface area contributed by atoms with Gasteiger partial charge in [-0.2, -0.15) is 0 Å². The molecular weight excluding hydrogens is 390 g/mol. The Morgan fingerprint density at radius 3 is 2.32 bits per heavy atom. The molecule has 5 heteroatoms. The van der Waals surface area contributed by atoms with Crippen LogP contribution >= 0.6 is 0 Å². The molecule has 0 saturated carbocycles. The number of likely N-dealkylation sites (tertiary alicyclic amines) is 1. The number of amides is 1. The number of benzene rings is 3. The van der Waals surface area contributed by atoms with Gasteiger partial charge in [0.25, 0.3) is 5.91 Å². The number of piperidine rings is 1. The molecule has 0 spiro atoms. The van der Waals surface area contributed by atoms with Gasteiger partial charge >= 0.3 is 5.97 Å². The fourth-order valence-corrected chi connectivity index (χ4v) is 4.48. The Kier molecular flexibility index (Phi) is 6.05. The van der Waals surface area contributed by atoms with Crippen molar-refractivity contribution in [3.05, 3.63) is 83.4 Å². The number of aryl methyl sites for hydroxylation is 1. The van der Waals surface area contributed by atoms with Gasteiger partial charge in [0, 0.05) is 25.1 Å². The number of hydrogen-bond acceptors (Lipinski definition) is 3. The summed E-state index contributed by atoms with van der Waals surface area (Å²) in [6.07, 6.45) is 2.19. The lowest BCUT2D eigenvalue weighted by Crippen LogP contribution is -2.45. The molecule has 1 saturated heterocycles. The summed E-state index contributed by atoms with van der Waals surface area (Å²) in [4.78, 5) is 25.7. The molecule has 4 rings (SSSR count). The fourth-order valence-electron chi connectivity index (χ4n) is 4.48. The van der Waals surface area contributed by atoms with Gasteiger partial charge < -0.3 is 15.1 Å². The zero-order chi connectivity index (χ0) is 21.8. The minimum absolute atomic E-state index is 0.0115. The summed E-state index contributed by atoms with van der Waals surface area (Å²) in [5.74, 6) is -0.820. The second-order valence-electron chi connectivity index (χ2n) is 8.29.